The third kappa shape index (κ3) is 4.20. The molecule has 0 radical (unpaired) electrons. The summed E-state index contributed by atoms with van der Waals surface area (Å²) in [4.78, 5) is 26.6. The van der Waals surface area contributed by atoms with Gasteiger partial charge in [-0.25, -0.2) is 0 Å². The van der Waals surface area contributed by atoms with Gasteiger partial charge in [-0.15, -0.1) is 0 Å². The molecule has 6 nitrogen and oxygen atoms in total. The molecule has 2 aromatic carbocycles. The van der Waals surface area contributed by atoms with Crippen LogP contribution in [-0.4, -0.2) is 23.0 Å². The van der Waals surface area contributed by atoms with Crippen LogP contribution >= 0.6 is 12.2 Å². The first-order chi connectivity index (χ1) is 14.1. The van der Waals surface area contributed by atoms with Gasteiger partial charge in [-0.3, -0.25) is 19.8 Å². The first-order valence-electron chi connectivity index (χ1n) is 9.17. The van der Waals surface area contributed by atoms with Gasteiger partial charge in [0.1, 0.15) is 23.2 Å². The van der Waals surface area contributed by atoms with Crippen LogP contribution in [0.15, 0.2) is 78.6 Å². The average molecular weight is 406 g/mol. The number of nitrogens with zero attached hydrogens (tertiary/aromatic N) is 1. The number of amides is 2. The highest BCUT2D eigenvalue weighted by Crippen LogP contribution is 2.27. The van der Waals surface area contributed by atoms with Crippen LogP contribution in [0.5, 0.6) is 11.5 Å². The molecule has 4 rings (SSSR count). The largest absolute Gasteiger partial charge is 0.494 e. The van der Waals surface area contributed by atoms with Crippen molar-refractivity contribution in [1.82, 2.24) is 5.32 Å². The summed E-state index contributed by atoms with van der Waals surface area (Å²) in [5.41, 5.74) is 0.555. The molecule has 1 fully saturated rings. The summed E-state index contributed by atoms with van der Waals surface area (Å²) >= 11 is 5.23. The number of para-hydroxylation sites is 1. The number of hydrogen-bond acceptors (Lipinski definition) is 5. The van der Waals surface area contributed by atoms with E-state index in [1.165, 1.54) is 4.90 Å². The number of anilines is 1. The van der Waals surface area contributed by atoms with Gasteiger partial charge in [0.15, 0.2) is 5.11 Å². The van der Waals surface area contributed by atoms with E-state index in [-0.39, 0.29) is 16.8 Å². The van der Waals surface area contributed by atoms with Gasteiger partial charge >= 0.3 is 0 Å². The first kappa shape index (κ1) is 18.9. The van der Waals surface area contributed by atoms with E-state index in [9.17, 15) is 9.59 Å². The molecule has 0 aliphatic carbocycles. The molecule has 146 valence electrons. The van der Waals surface area contributed by atoms with Crippen molar-refractivity contribution in [1.29, 1.82) is 0 Å². The Morgan fingerprint density at radius 3 is 2.48 bits per heavy atom. The fourth-order valence-electron chi connectivity index (χ4n) is 3.06. The molecular weight excluding hydrogens is 388 g/mol. The Morgan fingerprint density at radius 2 is 1.79 bits per heavy atom. The van der Waals surface area contributed by atoms with Gasteiger partial charge in [-0.1, -0.05) is 18.2 Å². The van der Waals surface area contributed by atoms with E-state index in [4.69, 9.17) is 21.7 Å². The van der Waals surface area contributed by atoms with Gasteiger partial charge in [0.2, 0.25) is 0 Å². The van der Waals surface area contributed by atoms with Gasteiger partial charge in [0.05, 0.1) is 11.9 Å². The highest BCUT2D eigenvalue weighted by atomic mass is 32.1. The fraction of sp³-hybridized carbons (Fsp3) is 0.136. The van der Waals surface area contributed by atoms with Crippen molar-refractivity contribution < 1.29 is 19.1 Å². The second kappa shape index (κ2) is 8.28. The molecule has 0 spiro atoms. The minimum Gasteiger partial charge on any atom is -0.494 e. The van der Waals surface area contributed by atoms with Gasteiger partial charge in [-0.2, -0.15) is 0 Å². The van der Waals surface area contributed by atoms with Crippen molar-refractivity contribution in [2.75, 3.05) is 4.90 Å². The van der Waals surface area contributed by atoms with Crippen molar-refractivity contribution in [3.8, 4) is 11.5 Å². The number of carbonyl (C=O) groups excluding carboxylic acids is 2. The van der Waals surface area contributed by atoms with Crippen molar-refractivity contribution >= 4 is 34.8 Å². The summed E-state index contributed by atoms with van der Waals surface area (Å²) in [6.07, 6.45) is 6.26. The molecule has 2 heterocycles. The lowest BCUT2D eigenvalue weighted by Crippen LogP contribution is -2.54. The summed E-state index contributed by atoms with van der Waals surface area (Å²) in [6, 6.07) is 16.3. The maximum Gasteiger partial charge on any atom is 0.270 e. The zero-order chi connectivity index (χ0) is 20.2. The molecule has 7 heteroatoms. The molecule has 1 saturated heterocycles. The quantitative estimate of drug-likeness (QED) is 0.475. The topological polar surface area (TPSA) is 67.9 Å². The van der Waals surface area contributed by atoms with Crippen LogP contribution in [0.3, 0.4) is 0 Å². The van der Waals surface area contributed by atoms with Crippen molar-refractivity contribution in [2.24, 2.45) is 0 Å². The Labute approximate surface area is 173 Å². The zero-order valence-corrected chi connectivity index (χ0v) is 16.2. The first-order valence-corrected chi connectivity index (χ1v) is 9.57. The molecule has 29 heavy (non-hydrogen) atoms. The molecule has 2 aliphatic rings. The normalized spacial score (nSPS) is 20.4. The number of nitrogens with one attached hydrogen (secondary N) is 1. The molecule has 1 unspecified atom stereocenters. The third-order valence-corrected chi connectivity index (χ3v) is 4.78. The highest BCUT2D eigenvalue weighted by molar-refractivity contribution is 7.80. The van der Waals surface area contributed by atoms with Crippen LogP contribution in [0, 0.1) is 0 Å². The number of rotatable bonds is 4. The van der Waals surface area contributed by atoms with Crippen LogP contribution < -0.4 is 15.0 Å². The van der Waals surface area contributed by atoms with E-state index in [1.54, 1.807) is 36.6 Å². The number of ether oxygens (including phenoxy) is 2. The lowest BCUT2D eigenvalue weighted by atomic mass is 10.1. The number of hydrogen-bond donors (Lipinski definition) is 1. The minimum absolute atomic E-state index is 0.0171. The Bertz CT molecular complexity index is 999. The average Bonchev–Trinajstić information content (AvgIpc) is 2.74. The smallest absolute Gasteiger partial charge is 0.270 e. The molecule has 1 N–H and O–H groups in total. The van der Waals surface area contributed by atoms with Crippen molar-refractivity contribution in [3.63, 3.8) is 0 Å². The van der Waals surface area contributed by atoms with Crippen molar-refractivity contribution in [2.45, 2.75) is 18.9 Å². The van der Waals surface area contributed by atoms with Gasteiger partial charge in [0, 0.05) is 0 Å². The molecule has 0 bridgehead atoms. The fourth-order valence-corrected chi connectivity index (χ4v) is 3.34. The maximum absolute atomic E-state index is 13.0. The summed E-state index contributed by atoms with van der Waals surface area (Å²) in [5.74, 6) is 0.341. The number of thiocarbonyl (C=S) groups is 1. The highest BCUT2D eigenvalue weighted by Gasteiger charge is 2.35. The molecule has 0 saturated carbocycles. The maximum atomic E-state index is 13.0. The molecule has 2 amide bonds. The summed E-state index contributed by atoms with van der Waals surface area (Å²) < 4.78 is 11.2. The molecular formula is C22H18N2O4S. The van der Waals surface area contributed by atoms with E-state index in [0.29, 0.717) is 23.6 Å². The van der Waals surface area contributed by atoms with Gasteiger partial charge < -0.3 is 9.47 Å². The lowest BCUT2D eigenvalue weighted by Gasteiger charge is -2.29. The van der Waals surface area contributed by atoms with E-state index in [1.807, 2.05) is 36.4 Å². The molecule has 1 atom stereocenters. The van der Waals surface area contributed by atoms with Crippen LogP contribution in [0.1, 0.15) is 12.8 Å². The Balaban J connectivity index is 1.55. The molecule has 0 aromatic heterocycles. The molecule has 2 aromatic rings. The van der Waals surface area contributed by atoms with Crippen LogP contribution in [-0.2, 0) is 14.3 Å². The second-order valence-corrected chi connectivity index (χ2v) is 6.90. The second-order valence-electron chi connectivity index (χ2n) is 6.51. The standard InChI is InChI=1S/C22H18N2O4S/c25-20-19(14-18-8-4-5-13-27-18)21(26)24(22(29)23-20)15-9-11-17(12-10-15)28-16-6-2-1-3-7-16/h1-3,5-7,9-14,18H,4,8H2,(H,23,25,29)/b19-14+. The predicted molar refractivity (Wildman–Crippen MR) is 113 cm³/mol. The van der Waals surface area contributed by atoms with Crippen LogP contribution in [0.2, 0.25) is 0 Å². The summed E-state index contributed by atoms with van der Waals surface area (Å²) in [7, 11) is 0. The molecule has 2 aliphatic heterocycles. The number of allylic oxidation sites excluding steroid dienone is 1. The van der Waals surface area contributed by atoms with Gasteiger partial charge in [0.25, 0.3) is 11.8 Å². The Hall–Kier alpha value is -3.45. The van der Waals surface area contributed by atoms with Crippen molar-refractivity contribution in [3.05, 3.63) is 78.6 Å². The lowest BCUT2D eigenvalue weighted by molar-refractivity contribution is -0.122. The number of carbonyl (C=O) groups is 2. The van der Waals surface area contributed by atoms with E-state index >= 15 is 0 Å². The summed E-state index contributed by atoms with van der Waals surface area (Å²) in [6.45, 7) is 0. The number of benzene rings is 2. The minimum atomic E-state index is -0.515. The SMILES string of the molecule is O=C1NC(=S)N(c2ccc(Oc3ccccc3)cc2)C(=O)/C1=C/C1CCC=CO1. The Morgan fingerprint density at radius 1 is 1.07 bits per heavy atom. The predicted octanol–water partition coefficient (Wildman–Crippen LogP) is 3.85. The zero-order valence-electron chi connectivity index (χ0n) is 15.4. The monoisotopic (exact) mass is 406 g/mol. The van der Waals surface area contributed by atoms with E-state index < -0.39 is 11.8 Å². The summed E-state index contributed by atoms with van der Waals surface area (Å²) in [5, 5.41) is 2.62. The van der Waals surface area contributed by atoms with Crippen LogP contribution in [0.4, 0.5) is 5.69 Å². The van der Waals surface area contributed by atoms with E-state index in [0.717, 1.165) is 6.42 Å². The van der Waals surface area contributed by atoms with Gasteiger partial charge in [-0.05, 0) is 73.6 Å². The third-order valence-electron chi connectivity index (χ3n) is 4.50. The van der Waals surface area contributed by atoms with Crippen LogP contribution in [0.25, 0.3) is 0 Å². The van der Waals surface area contributed by atoms with E-state index in [2.05, 4.69) is 5.32 Å². The Kier molecular flexibility index (Phi) is 5.39.